The molecule has 0 bridgehead atoms. The fraction of sp³-hybridized carbons (Fsp3) is 0.467. The molecule has 0 aromatic heterocycles. The molecule has 0 aliphatic heterocycles. The summed E-state index contributed by atoms with van der Waals surface area (Å²) in [7, 11) is 2.60. The molecule has 19 heavy (non-hydrogen) atoms. The van der Waals surface area contributed by atoms with Gasteiger partial charge in [-0.05, 0) is 42.5 Å². The number of methoxy groups -OCH3 is 2. The molecule has 1 aliphatic carbocycles. The van der Waals surface area contributed by atoms with Crippen LogP contribution in [0.1, 0.15) is 22.3 Å². The Morgan fingerprint density at radius 1 is 1.05 bits per heavy atom. The van der Waals surface area contributed by atoms with E-state index in [2.05, 4.69) is 0 Å². The Labute approximate surface area is 112 Å². The summed E-state index contributed by atoms with van der Waals surface area (Å²) in [5, 5.41) is 0. The number of aryl methyl sites for hydroxylation is 1. The van der Waals surface area contributed by atoms with Crippen molar-refractivity contribution in [3.05, 3.63) is 34.4 Å². The van der Waals surface area contributed by atoms with Crippen molar-refractivity contribution >= 4 is 11.9 Å². The van der Waals surface area contributed by atoms with Gasteiger partial charge in [0.15, 0.2) is 5.41 Å². The van der Waals surface area contributed by atoms with Gasteiger partial charge >= 0.3 is 11.9 Å². The molecule has 1 aromatic carbocycles. The van der Waals surface area contributed by atoms with E-state index in [-0.39, 0.29) is 0 Å². The van der Waals surface area contributed by atoms with E-state index in [1.807, 2.05) is 26.0 Å². The van der Waals surface area contributed by atoms with Gasteiger partial charge in [0.05, 0.1) is 14.2 Å². The van der Waals surface area contributed by atoms with Gasteiger partial charge in [0.25, 0.3) is 0 Å². The first kappa shape index (κ1) is 13.6. The van der Waals surface area contributed by atoms with Crippen LogP contribution in [0.5, 0.6) is 0 Å². The Bertz CT molecular complexity index is 529. The number of carbonyl (C=O) groups excluding carboxylic acids is 2. The van der Waals surface area contributed by atoms with E-state index in [1.54, 1.807) is 0 Å². The van der Waals surface area contributed by atoms with Crippen molar-refractivity contribution < 1.29 is 19.1 Å². The van der Waals surface area contributed by atoms with E-state index < -0.39 is 17.4 Å². The van der Waals surface area contributed by atoms with Crippen LogP contribution in [0.15, 0.2) is 12.1 Å². The van der Waals surface area contributed by atoms with E-state index in [4.69, 9.17) is 9.47 Å². The number of fused-ring (bicyclic) bond motifs is 1. The predicted octanol–water partition coefficient (Wildman–Crippen LogP) is 1.73. The van der Waals surface area contributed by atoms with Gasteiger partial charge in [-0.2, -0.15) is 0 Å². The Morgan fingerprint density at radius 2 is 1.63 bits per heavy atom. The molecule has 1 aromatic rings. The third-order valence-electron chi connectivity index (χ3n) is 4.09. The molecule has 0 heterocycles. The summed E-state index contributed by atoms with van der Waals surface area (Å²) < 4.78 is 9.64. The average Bonchev–Trinajstić information content (AvgIpc) is 2.82. The summed E-state index contributed by atoms with van der Waals surface area (Å²) in [6, 6.07) is 3.99. The molecule has 0 N–H and O–H groups in total. The van der Waals surface area contributed by atoms with Gasteiger partial charge in [0, 0.05) is 6.42 Å². The molecule has 2 rings (SSSR count). The summed E-state index contributed by atoms with van der Waals surface area (Å²) in [5.41, 5.74) is 3.16. The van der Waals surface area contributed by atoms with E-state index in [1.165, 1.54) is 14.2 Å². The monoisotopic (exact) mass is 262 g/mol. The molecule has 0 spiro atoms. The van der Waals surface area contributed by atoms with Crippen molar-refractivity contribution in [2.24, 2.45) is 5.41 Å². The Hall–Kier alpha value is -1.84. The van der Waals surface area contributed by atoms with Crippen molar-refractivity contribution in [2.45, 2.75) is 26.7 Å². The second kappa shape index (κ2) is 4.68. The molecule has 0 amide bonds. The van der Waals surface area contributed by atoms with Crippen molar-refractivity contribution in [1.29, 1.82) is 0 Å². The van der Waals surface area contributed by atoms with Crippen LogP contribution in [0.25, 0.3) is 0 Å². The van der Waals surface area contributed by atoms with Crippen molar-refractivity contribution in [3.63, 3.8) is 0 Å². The highest BCUT2D eigenvalue weighted by Gasteiger charge is 2.52. The highest BCUT2D eigenvalue weighted by Crippen LogP contribution is 2.41. The molecular weight excluding hydrogens is 244 g/mol. The molecule has 0 saturated carbocycles. The summed E-state index contributed by atoms with van der Waals surface area (Å²) >= 11 is 0. The zero-order valence-electron chi connectivity index (χ0n) is 11.7. The number of benzene rings is 1. The standard InChI is InChI=1S/C15H18O4/c1-9-5-6-11-7-15(13(16)18-3,14(17)19-4)8-12(11)10(9)2/h5-6H,7-8H2,1-4H3. The first-order valence-electron chi connectivity index (χ1n) is 6.21. The van der Waals surface area contributed by atoms with Gasteiger partial charge in [-0.3, -0.25) is 9.59 Å². The van der Waals surface area contributed by atoms with Crippen LogP contribution < -0.4 is 0 Å². The van der Waals surface area contributed by atoms with E-state index in [0.29, 0.717) is 12.8 Å². The highest BCUT2D eigenvalue weighted by atomic mass is 16.5. The maximum absolute atomic E-state index is 12.1. The van der Waals surface area contributed by atoms with E-state index in [0.717, 1.165) is 22.3 Å². The fourth-order valence-electron chi connectivity index (χ4n) is 2.79. The molecule has 0 saturated heterocycles. The maximum Gasteiger partial charge on any atom is 0.323 e. The van der Waals surface area contributed by atoms with Gasteiger partial charge in [-0.15, -0.1) is 0 Å². The summed E-state index contributed by atoms with van der Waals surface area (Å²) in [5.74, 6) is -1.04. The lowest BCUT2D eigenvalue weighted by molar-refractivity contribution is -0.168. The molecule has 1 aliphatic rings. The molecule has 4 heteroatoms. The van der Waals surface area contributed by atoms with Gasteiger partial charge in [0.1, 0.15) is 0 Å². The lowest BCUT2D eigenvalue weighted by Gasteiger charge is -2.22. The van der Waals surface area contributed by atoms with Crippen LogP contribution in [0, 0.1) is 19.3 Å². The Balaban J connectivity index is 2.51. The molecular formula is C15H18O4. The number of ether oxygens (including phenoxy) is 2. The third-order valence-corrected chi connectivity index (χ3v) is 4.09. The first-order chi connectivity index (χ1) is 8.96. The van der Waals surface area contributed by atoms with Gasteiger partial charge < -0.3 is 9.47 Å². The minimum Gasteiger partial charge on any atom is -0.468 e. The smallest absolute Gasteiger partial charge is 0.323 e. The van der Waals surface area contributed by atoms with E-state index in [9.17, 15) is 9.59 Å². The van der Waals surface area contributed by atoms with Crippen LogP contribution in [0.2, 0.25) is 0 Å². The van der Waals surface area contributed by atoms with Gasteiger partial charge in [-0.25, -0.2) is 0 Å². The molecule has 0 fully saturated rings. The summed E-state index contributed by atoms with van der Waals surface area (Å²) in [6.45, 7) is 4.03. The predicted molar refractivity (Wildman–Crippen MR) is 69.8 cm³/mol. The van der Waals surface area contributed by atoms with Crippen molar-refractivity contribution in [1.82, 2.24) is 0 Å². The van der Waals surface area contributed by atoms with Crippen LogP contribution in [0.4, 0.5) is 0 Å². The zero-order valence-corrected chi connectivity index (χ0v) is 11.7. The minimum atomic E-state index is -1.22. The fourth-order valence-corrected chi connectivity index (χ4v) is 2.79. The van der Waals surface area contributed by atoms with Crippen LogP contribution in [-0.2, 0) is 31.9 Å². The topological polar surface area (TPSA) is 52.6 Å². The molecule has 4 nitrogen and oxygen atoms in total. The number of hydrogen-bond acceptors (Lipinski definition) is 4. The average molecular weight is 262 g/mol. The minimum absolute atomic E-state index is 0.350. The lowest BCUT2D eigenvalue weighted by Crippen LogP contribution is -2.42. The molecule has 0 unspecified atom stereocenters. The Morgan fingerprint density at radius 3 is 2.16 bits per heavy atom. The van der Waals surface area contributed by atoms with Crippen LogP contribution >= 0.6 is 0 Å². The van der Waals surface area contributed by atoms with Gasteiger partial charge in [-0.1, -0.05) is 12.1 Å². The molecule has 0 radical (unpaired) electrons. The quantitative estimate of drug-likeness (QED) is 0.601. The van der Waals surface area contributed by atoms with Crippen molar-refractivity contribution in [2.75, 3.05) is 14.2 Å². The van der Waals surface area contributed by atoms with Crippen molar-refractivity contribution in [3.8, 4) is 0 Å². The molecule has 102 valence electrons. The van der Waals surface area contributed by atoms with Gasteiger partial charge in [0.2, 0.25) is 0 Å². The van der Waals surface area contributed by atoms with Crippen LogP contribution in [-0.4, -0.2) is 26.2 Å². The third kappa shape index (κ3) is 1.91. The number of esters is 2. The number of rotatable bonds is 2. The summed E-state index contributed by atoms with van der Waals surface area (Å²) in [4.78, 5) is 24.2. The Kier molecular flexibility index (Phi) is 3.35. The lowest BCUT2D eigenvalue weighted by atomic mass is 9.84. The molecule has 0 atom stereocenters. The summed E-state index contributed by atoms with van der Waals surface area (Å²) in [6.07, 6.45) is 0.706. The largest absolute Gasteiger partial charge is 0.468 e. The zero-order chi connectivity index (χ0) is 14.2. The number of carbonyl (C=O) groups is 2. The normalized spacial score (nSPS) is 15.8. The highest BCUT2D eigenvalue weighted by molar-refractivity contribution is 6.01. The first-order valence-corrected chi connectivity index (χ1v) is 6.21. The second-order valence-electron chi connectivity index (χ2n) is 5.06. The van der Waals surface area contributed by atoms with Crippen LogP contribution in [0.3, 0.4) is 0 Å². The maximum atomic E-state index is 12.1. The van der Waals surface area contributed by atoms with E-state index >= 15 is 0 Å². The SMILES string of the molecule is COC(=O)C1(C(=O)OC)Cc2ccc(C)c(C)c2C1. The second-order valence-corrected chi connectivity index (χ2v) is 5.06. The number of hydrogen-bond donors (Lipinski definition) is 0.